The van der Waals surface area contributed by atoms with Crippen LogP contribution in [-0.2, 0) is 25.5 Å². The summed E-state index contributed by atoms with van der Waals surface area (Å²) >= 11 is 0. The minimum absolute atomic E-state index is 0.00759. The second kappa shape index (κ2) is 22.5. The van der Waals surface area contributed by atoms with Crippen molar-refractivity contribution in [3.63, 3.8) is 0 Å². The number of rotatable bonds is 13. The molecule has 0 bridgehead atoms. The van der Waals surface area contributed by atoms with Gasteiger partial charge in [0.1, 0.15) is 17.7 Å². The predicted molar refractivity (Wildman–Crippen MR) is 270 cm³/mol. The van der Waals surface area contributed by atoms with Gasteiger partial charge < -0.3 is 34.6 Å². The molecule has 5 heterocycles. The van der Waals surface area contributed by atoms with E-state index >= 15 is 8.78 Å². The van der Waals surface area contributed by atoms with E-state index in [-0.39, 0.29) is 78.1 Å². The zero-order chi connectivity index (χ0) is 50.6. The van der Waals surface area contributed by atoms with Crippen LogP contribution in [0.1, 0.15) is 103 Å². The molecule has 10 rings (SSSR count). The van der Waals surface area contributed by atoms with Crippen LogP contribution in [0.3, 0.4) is 0 Å². The second-order valence-corrected chi connectivity index (χ2v) is 20.9. The first-order valence-electron chi connectivity index (χ1n) is 26.6. The van der Waals surface area contributed by atoms with E-state index < -0.39 is 29.5 Å². The number of hydrogen-bond acceptors (Lipinski definition) is 10. The SMILES string of the molecule is O=C(NC(C(=O)N1CCC(OC2CCN(CC(=O)N3CCN(C(=O)c4cc(Cc5n[nH]c(=O)c6ccccc56)ccc4F)CC3)CC2)CC1)C1CCCCC1)c1ccc(N2CCN(C(=O)C3CC3)CC2)cc1F. The molecule has 4 aromatic rings. The number of hydrogen-bond donors (Lipinski definition) is 2. The number of likely N-dealkylation sites (tertiary alicyclic amines) is 2. The third-order valence-corrected chi connectivity index (χ3v) is 16.1. The Balaban J connectivity index is 0.652. The minimum Gasteiger partial charge on any atom is -0.375 e. The van der Waals surface area contributed by atoms with Crippen LogP contribution in [0.5, 0.6) is 0 Å². The number of H-pyrrole nitrogens is 1. The molecule has 0 radical (unpaired) electrons. The van der Waals surface area contributed by atoms with Gasteiger partial charge in [0.15, 0.2) is 0 Å². The van der Waals surface area contributed by atoms with E-state index in [9.17, 15) is 28.8 Å². The number of carbonyl (C=O) groups is 5. The molecule has 1 aromatic heterocycles. The molecule has 2 aliphatic carbocycles. The van der Waals surface area contributed by atoms with Crippen LogP contribution in [0, 0.1) is 23.5 Å². The van der Waals surface area contributed by atoms with Crippen LogP contribution in [0.15, 0.2) is 65.5 Å². The highest BCUT2D eigenvalue weighted by Crippen LogP contribution is 2.33. The fourth-order valence-electron chi connectivity index (χ4n) is 11.6. The number of benzene rings is 3. The molecule has 4 saturated heterocycles. The molecule has 73 heavy (non-hydrogen) atoms. The highest BCUT2D eigenvalue weighted by molar-refractivity contribution is 5.98. The lowest BCUT2D eigenvalue weighted by Gasteiger charge is -2.40. The number of piperidine rings is 2. The molecular weight excluding hydrogens is 937 g/mol. The number of anilines is 1. The van der Waals surface area contributed by atoms with Gasteiger partial charge in [-0.1, -0.05) is 43.5 Å². The summed E-state index contributed by atoms with van der Waals surface area (Å²) in [4.78, 5) is 91.1. The average molecular weight is 1000 g/mol. The smallest absolute Gasteiger partial charge is 0.272 e. The lowest BCUT2D eigenvalue weighted by atomic mass is 9.83. The fourth-order valence-corrected chi connectivity index (χ4v) is 11.6. The number of amides is 5. The van der Waals surface area contributed by atoms with Crippen molar-refractivity contribution in [2.75, 3.05) is 90.0 Å². The summed E-state index contributed by atoms with van der Waals surface area (Å²) in [6.07, 6.45) is 9.86. The average Bonchev–Trinajstić information content (AvgIpc) is 4.28. The number of piperazine rings is 2. The van der Waals surface area contributed by atoms with Gasteiger partial charge in [-0.15, -0.1) is 0 Å². The van der Waals surface area contributed by atoms with Gasteiger partial charge in [0.25, 0.3) is 17.4 Å². The molecule has 18 heteroatoms. The van der Waals surface area contributed by atoms with E-state index in [0.717, 1.165) is 57.8 Å². The lowest BCUT2D eigenvalue weighted by molar-refractivity contribution is -0.140. The Morgan fingerprint density at radius 2 is 1.32 bits per heavy atom. The van der Waals surface area contributed by atoms with Gasteiger partial charge in [-0.2, -0.15) is 5.10 Å². The monoisotopic (exact) mass is 1000 g/mol. The summed E-state index contributed by atoms with van der Waals surface area (Å²) < 4.78 is 37.4. The molecule has 6 aliphatic rings. The number of halogens is 2. The van der Waals surface area contributed by atoms with Gasteiger partial charge in [0, 0.05) is 102 Å². The summed E-state index contributed by atoms with van der Waals surface area (Å²) in [7, 11) is 0. The fraction of sp³-hybridized carbons (Fsp3) is 0.545. The molecule has 3 aromatic carbocycles. The number of carbonyl (C=O) groups excluding carboxylic acids is 5. The number of ether oxygens (including phenoxy) is 1. The van der Waals surface area contributed by atoms with Gasteiger partial charge in [-0.05, 0) is 99.2 Å². The normalized spacial score (nSPS) is 20.3. The largest absolute Gasteiger partial charge is 0.375 e. The van der Waals surface area contributed by atoms with Gasteiger partial charge >= 0.3 is 0 Å². The highest BCUT2D eigenvalue weighted by Gasteiger charge is 2.38. The van der Waals surface area contributed by atoms with Crippen LogP contribution in [0.25, 0.3) is 10.8 Å². The van der Waals surface area contributed by atoms with Crippen molar-refractivity contribution in [2.24, 2.45) is 11.8 Å². The number of aromatic amines is 1. The Bertz CT molecular complexity index is 2730. The maximum atomic E-state index is 15.7. The number of aromatic nitrogens is 2. The van der Waals surface area contributed by atoms with Crippen LogP contribution in [0.4, 0.5) is 14.5 Å². The molecule has 6 fully saturated rings. The van der Waals surface area contributed by atoms with Crippen molar-refractivity contribution in [3.8, 4) is 0 Å². The van der Waals surface area contributed by atoms with E-state index in [2.05, 4.69) is 20.4 Å². The summed E-state index contributed by atoms with van der Waals surface area (Å²) in [5.41, 5.74) is 1.55. The van der Waals surface area contributed by atoms with Crippen LogP contribution in [0.2, 0.25) is 0 Å². The zero-order valence-corrected chi connectivity index (χ0v) is 41.6. The Kier molecular flexibility index (Phi) is 15.5. The number of nitrogens with zero attached hydrogens (tertiary/aromatic N) is 7. The highest BCUT2D eigenvalue weighted by atomic mass is 19.1. The maximum Gasteiger partial charge on any atom is 0.272 e. The molecule has 1 atom stereocenters. The van der Waals surface area contributed by atoms with Crippen molar-refractivity contribution in [1.29, 1.82) is 0 Å². The zero-order valence-electron chi connectivity index (χ0n) is 41.6. The van der Waals surface area contributed by atoms with Crippen molar-refractivity contribution in [2.45, 2.75) is 95.3 Å². The van der Waals surface area contributed by atoms with Crippen LogP contribution < -0.4 is 15.8 Å². The Hall–Kier alpha value is -6.27. The summed E-state index contributed by atoms with van der Waals surface area (Å²) in [6.45, 7) is 6.36. The third-order valence-electron chi connectivity index (χ3n) is 16.1. The van der Waals surface area contributed by atoms with Crippen LogP contribution >= 0.6 is 0 Å². The molecule has 1 unspecified atom stereocenters. The molecule has 2 N–H and O–H groups in total. The van der Waals surface area contributed by atoms with Crippen molar-refractivity contribution in [1.82, 2.24) is 40.0 Å². The minimum atomic E-state index is -0.742. The first-order valence-corrected chi connectivity index (χ1v) is 26.6. The van der Waals surface area contributed by atoms with Gasteiger partial charge in [0.05, 0.1) is 41.0 Å². The lowest BCUT2D eigenvalue weighted by Crippen LogP contribution is -2.55. The summed E-state index contributed by atoms with van der Waals surface area (Å²) in [6, 6.07) is 15.5. The van der Waals surface area contributed by atoms with Gasteiger partial charge in [0.2, 0.25) is 17.7 Å². The van der Waals surface area contributed by atoms with E-state index in [1.54, 1.807) is 40.1 Å². The van der Waals surface area contributed by atoms with E-state index in [1.165, 1.54) is 18.2 Å². The Labute approximate surface area is 424 Å². The van der Waals surface area contributed by atoms with Crippen molar-refractivity contribution >= 4 is 46.0 Å². The molecular formula is C55H67F2N9O7. The molecule has 16 nitrogen and oxygen atoms in total. The van der Waals surface area contributed by atoms with Crippen LogP contribution in [-0.4, -0.2) is 168 Å². The predicted octanol–water partition coefficient (Wildman–Crippen LogP) is 4.99. The van der Waals surface area contributed by atoms with E-state index in [0.29, 0.717) is 112 Å². The van der Waals surface area contributed by atoms with Gasteiger partial charge in [-0.25, -0.2) is 13.9 Å². The quantitative estimate of drug-likeness (QED) is 0.186. The molecule has 388 valence electrons. The standard InChI is InChI=1S/C55H67F2N9O7/c56-46-15-10-36(33-48-42-8-4-5-9-43(42)52(69)60-59-48)32-45(46)54(71)66-30-26-63(27-31-66)49(67)35-61-20-16-40(17-21-61)73-41-18-22-64(23-19-41)55(72)50(37-6-2-1-3-7-37)58-51(68)44-14-13-39(34-47(44)57)62-24-28-65(29-25-62)53(70)38-11-12-38/h4-5,8-10,13-15,32,34,37-38,40-41,50H,1-3,6-7,11-12,16-31,33,35H2,(H,58,68)(H,60,69). The molecule has 5 amide bonds. The molecule has 2 saturated carbocycles. The van der Waals surface area contributed by atoms with Gasteiger partial charge in [-0.3, -0.25) is 33.7 Å². The second-order valence-electron chi connectivity index (χ2n) is 20.9. The Morgan fingerprint density at radius 3 is 2.00 bits per heavy atom. The first kappa shape index (κ1) is 50.3. The van der Waals surface area contributed by atoms with Crippen molar-refractivity contribution < 1.29 is 37.5 Å². The maximum absolute atomic E-state index is 15.7. The number of fused-ring (bicyclic) bond motifs is 1. The third kappa shape index (κ3) is 11.8. The van der Waals surface area contributed by atoms with Crippen molar-refractivity contribution in [3.05, 3.63) is 105 Å². The molecule has 0 spiro atoms. The van der Waals surface area contributed by atoms with E-state index in [4.69, 9.17) is 4.74 Å². The first-order chi connectivity index (χ1) is 35.4. The summed E-state index contributed by atoms with van der Waals surface area (Å²) in [5.74, 6) is -2.03. The Morgan fingerprint density at radius 1 is 0.658 bits per heavy atom. The molecule has 4 aliphatic heterocycles. The number of nitrogens with one attached hydrogen (secondary N) is 2. The summed E-state index contributed by atoms with van der Waals surface area (Å²) in [5, 5.41) is 10.9. The topological polar surface area (TPSA) is 172 Å². The van der Waals surface area contributed by atoms with E-state index in [1.807, 2.05) is 26.8 Å².